The minimum Gasteiger partial charge on any atom is -0.481 e. The molecule has 2 aromatic carbocycles. The lowest BCUT2D eigenvalue weighted by molar-refractivity contribution is -0.140. The SMILES string of the molecule is O=C(O)C1(c2ccc(-c3ccc4ccccc4n3)cc2)CC1. The highest BCUT2D eigenvalue weighted by molar-refractivity contribution is 5.85. The number of rotatable bonds is 3. The van der Waals surface area contributed by atoms with E-state index in [0.29, 0.717) is 0 Å². The third kappa shape index (κ3) is 1.98. The van der Waals surface area contributed by atoms with Crippen molar-refractivity contribution in [3.8, 4) is 11.3 Å². The molecular weight excluding hydrogens is 274 g/mol. The van der Waals surface area contributed by atoms with Gasteiger partial charge in [0, 0.05) is 10.9 Å². The topological polar surface area (TPSA) is 50.2 Å². The molecule has 108 valence electrons. The third-order valence-electron chi connectivity index (χ3n) is 4.49. The number of carbonyl (C=O) groups is 1. The van der Waals surface area contributed by atoms with Gasteiger partial charge < -0.3 is 5.11 Å². The van der Waals surface area contributed by atoms with E-state index < -0.39 is 11.4 Å². The van der Waals surface area contributed by atoms with Gasteiger partial charge >= 0.3 is 5.97 Å². The molecule has 1 N–H and O–H groups in total. The Balaban J connectivity index is 1.71. The number of aromatic nitrogens is 1. The van der Waals surface area contributed by atoms with Gasteiger partial charge in [-0.25, -0.2) is 4.98 Å². The van der Waals surface area contributed by atoms with Crippen LogP contribution in [0.2, 0.25) is 0 Å². The number of fused-ring (bicyclic) bond motifs is 1. The van der Waals surface area contributed by atoms with Gasteiger partial charge in [-0.05, 0) is 30.5 Å². The Morgan fingerprint density at radius 2 is 1.68 bits per heavy atom. The van der Waals surface area contributed by atoms with Crippen LogP contribution in [0, 0.1) is 0 Å². The predicted molar refractivity (Wildman–Crippen MR) is 85.7 cm³/mol. The van der Waals surface area contributed by atoms with E-state index in [1.807, 2.05) is 54.6 Å². The fraction of sp³-hybridized carbons (Fsp3) is 0.158. The third-order valence-corrected chi connectivity index (χ3v) is 4.49. The smallest absolute Gasteiger partial charge is 0.314 e. The van der Waals surface area contributed by atoms with Crippen molar-refractivity contribution in [3.05, 3.63) is 66.2 Å². The average molecular weight is 289 g/mol. The Hall–Kier alpha value is -2.68. The van der Waals surface area contributed by atoms with Crippen LogP contribution in [0.15, 0.2) is 60.7 Å². The monoisotopic (exact) mass is 289 g/mol. The zero-order chi connectivity index (χ0) is 15.2. The van der Waals surface area contributed by atoms with Gasteiger partial charge in [-0.15, -0.1) is 0 Å². The molecule has 1 aromatic heterocycles. The second kappa shape index (κ2) is 4.67. The van der Waals surface area contributed by atoms with Crippen molar-refractivity contribution in [1.29, 1.82) is 0 Å². The van der Waals surface area contributed by atoms with Crippen molar-refractivity contribution < 1.29 is 9.90 Å². The van der Waals surface area contributed by atoms with Gasteiger partial charge in [0.15, 0.2) is 0 Å². The van der Waals surface area contributed by atoms with E-state index in [1.165, 1.54) is 0 Å². The molecule has 0 atom stereocenters. The van der Waals surface area contributed by atoms with E-state index in [1.54, 1.807) is 0 Å². The summed E-state index contributed by atoms with van der Waals surface area (Å²) in [6, 6.07) is 19.9. The number of hydrogen-bond donors (Lipinski definition) is 1. The Labute approximate surface area is 128 Å². The molecule has 22 heavy (non-hydrogen) atoms. The minimum atomic E-state index is -0.718. The van der Waals surface area contributed by atoms with E-state index in [-0.39, 0.29) is 0 Å². The summed E-state index contributed by atoms with van der Waals surface area (Å²) in [4.78, 5) is 16.0. The zero-order valence-corrected chi connectivity index (χ0v) is 12.0. The summed E-state index contributed by atoms with van der Waals surface area (Å²) in [7, 11) is 0. The summed E-state index contributed by atoms with van der Waals surface area (Å²) in [6.45, 7) is 0. The molecule has 0 radical (unpaired) electrons. The highest BCUT2D eigenvalue weighted by atomic mass is 16.4. The van der Waals surface area contributed by atoms with E-state index >= 15 is 0 Å². The van der Waals surface area contributed by atoms with Gasteiger partial charge in [0.25, 0.3) is 0 Å². The van der Waals surface area contributed by atoms with E-state index in [2.05, 4.69) is 11.1 Å². The molecule has 0 amide bonds. The molecule has 0 bridgehead atoms. The van der Waals surface area contributed by atoms with Crippen molar-refractivity contribution in [2.45, 2.75) is 18.3 Å². The van der Waals surface area contributed by atoms with Crippen LogP contribution in [0.4, 0.5) is 0 Å². The summed E-state index contributed by atoms with van der Waals surface area (Å²) < 4.78 is 0. The maximum atomic E-state index is 11.4. The van der Waals surface area contributed by atoms with Gasteiger partial charge in [0.05, 0.1) is 16.6 Å². The van der Waals surface area contributed by atoms with Crippen LogP contribution in [0.5, 0.6) is 0 Å². The first kappa shape index (κ1) is 13.0. The first-order chi connectivity index (χ1) is 10.7. The fourth-order valence-electron chi connectivity index (χ4n) is 2.94. The lowest BCUT2D eigenvalue weighted by Crippen LogP contribution is -2.19. The van der Waals surface area contributed by atoms with Crippen molar-refractivity contribution in [2.24, 2.45) is 0 Å². The molecule has 1 aliphatic rings. The van der Waals surface area contributed by atoms with E-state index in [9.17, 15) is 9.90 Å². The van der Waals surface area contributed by atoms with Crippen molar-refractivity contribution in [2.75, 3.05) is 0 Å². The second-order valence-corrected chi connectivity index (χ2v) is 5.85. The number of para-hydroxylation sites is 1. The highest BCUT2D eigenvalue weighted by Gasteiger charge is 2.51. The molecule has 1 fully saturated rings. The predicted octanol–water partition coefficient (Wildman–Crippen LogP) is 4.02. The van der Waals surface area contributed by atoms with E-state index in [0.717, 1.165) is 40.6 Å². The molecule has 1 heterocycles. The number of aliphatic carboxylic acids is 1. The maximum absolute atomic E-state index is 11.4. The Kier molecular flexibility index (Phi) is 2.76. The van der Waals surface area contributed by atoms with Crippen LogP contribution in [0.1, 0.15) is 18.4 Å². The molecule has 3 aromatic rings. The average Bonchev–Trinajstić information content (AvgIpc) is 3.36. The Bertz CT molecular complexity index is 864. The largest absolute Gasteiger partial charge is 0.481 e. The summed E-state index contributed by atoms with van der Waals surface area (Å²) in [5, 5.41) is 10.5. The quantitative estimate of drug-likeness (QED) is 0.792. The van der Waals surface area contributed by atoms with Gasteiger partial charge in [-0.3, -0.25) is 4.79 Å². The molecule has 1 saturated carbocycles. The van der Waals surface area contributed by atoms with Gasteiger partial charge in [0.1, 0.15) is 0 Å². The van der Waals surface area contributed by atoms with Crippen LogP contribution < -0.4 is 0 Å². The number of hydrogen-bond acceptors (Lipinski definition) is 2. The Morgan fingerprint density at radius 1 is 0.955 bits per heavy atom. The molecule has 4 rings (SSSR count). The van der Waals surface area contributed by atoms with Gasteiger partial charge in [-0.1, -0.05) is 48.5 Å². The van der Waals surface area contributed by atoms with Crippen LogP contribution >= 0.6 is 0 Å². The molecule has 0 spiro atoms. The Morgan fingerprint density at radius 3 is 2.36 bits per heavy atom. The van der Waals surface area contributed by atoms with Gasteiger partial charge in [-0.2, -0.15) is 0 Å². The number of benzene rings is 2. The van der Waals surface area contributed by atoms with Crippen LogP contribution in [0.3, 0.4) is 0 Å². The van der Waals surface area contributed by atoms with Crippen LogP contribution in [-0.2, 0) is 10.2 Å². The lowest BCUT2D eigenvalue weighted by atomic mass is 9.94. The zero-order valence-electron chi connectivity index (χ0n) is 12.0. The van der Waals surface area contributed by atoms with Crippen LogP contribution in [0.25, 0.3) is 22.2 Å². The molecule has 3 heteroatoms. The fourth-order valence-corrected chi connectivity index (χ4v) is 2.94. The van der Waals surface area contributed by atoms with Crippen LogP contribution in [-0.4, -0.2) is 16.1 Å². The second-order valence-electron chi connectivity index (χ2n) is 5.85. The lowest BCUT2D eigenvalue weighted by Gasteiger charge is -2.11. The standard InChI is InChI=1S/C19H15NO2/c21-18(22)19(11-12-19)15-8-5-14(6-9-15)17-10-7-13-3-1-2-4-16(13)20-17/h1-10H,11-12H2,(H,21,22). The number of carboxylic acid groups (broad SMARTS) is 1. The number of nitrogens with zero attached hydrogens (tertiary/aromatic N) is 1. The highest BCUT2D eigenvalue weighted by Crippen LogP contribution is 2.48. The molecular formula is C19H15NO2. The van der Waals surface area contributed by atoms with Gasteiger partial charge in [0.2, 0.25) is 0 Å². The first-order valence-corrected chi connectivity index (χ1v) is 7.39. The number of pyridine rings is 1. The van der Waals surface area contributed by atoms with Crippen molar-refractivity contribution in [1.82, 2.24) is 4.98 Å². The van der Waals surface area contributed by atoms with Crippen molar-refractivity contribution >= 4 is 16.9 Å². The molecule has 3 nitrogen and oxygen atoms in total. The summed E-state index contributed by atoms with van der Waals surface area (Å²) in [5.74, 6) is -0.718. The summed E-state index contributed by atoms with van der Waals surface area (Å²) in [6.07, 6.45) is 1.46. The maximum Gasteiger partial charge on any atom is 0.314 e. The first-order valence-electron chi connectivity index (χ1n) is 7.39. The number of carboxylic acids is 1. The minimum absolute atomic E-state index is 0.644. The molecule has 0 aliphatic heterocycles. The molecule has 0 unspecified atom stereocenters. The summed E-state index contributed by atoms with van der Waals surface area (Å²) in [5.41, 5.74) is 3.13. The summed E-state index contributed by atoms with van der Waals surface area (Å²) >= 11 is 0. The normalized spacial score (nSPS) is 15.6. The van der Waals surface area contributed by atoms with Crippen molar-refractivity contribution in [3.63, 3.8) is 0 Å². The van der Waals surface area contributed by atoms with E-state index in [4.69, 9.17) is 0 Å². The molecule has 1 aliphatic carbocycles. The molecule has 0 saturated heterocycles.